The lowest BCUT2D eigenvalue weighted by atomic mass is 10.1. The van der Waals surface area contributed by atoms with E-state index >= 15 is 0 Å². The molecule has 0 saturated carbocycles. The summed E-state index contributed by atoms with van der Waals surface area (Å²) in [5.41, 5.74) is 2.73. The van der Waals surface area contributed by atoms with Gasteiger partial charge in [-0.1, -0.05) is 12.1 Å². The quantitative estimate of drug-likeness (QED) is 0.662. The van der Waals surface area contributed by atoms with E-state index in [0.717, 1.165) is 35.4 Å². The van der Waals surface area contributed by atoms with Crippen LogP contribution in [-0.4, -0.2) is 25.6 Å². The molecule has 1 aliphatic rings. The lowest BCUT2D eigenvalue weighted by Crippen LogP contribution is -2.30. The van der Waals surface area contributed by atoms with Crippen molar-refractivity contribution in [2.24, 2.45) is 0 Å². The van der Waals surface area contributed by atoms with Crippen LogP contribution in [0.4, 0.5) is 11.4 Å². The lowest BCUT2D eigenvalue weighted by molar-refractivity contribution is -0.118. The fourth-order valence-corrected chi connectivity index (χ4v) is 3.72. The second kappa shape index (κ2) is 8.39. The minimum atomic E-state index is -0.404. The molecule has 6 heteroatoms. The summed E-state index contributed by atoms with van der Waals surface area (Å²) >= 11 is 0. The Morgan fingerprint density at radius 1 is 1.10 bits per heavy atom. The van der Waals surface area contributed by atoms with Crippen LogP contribution in [0, 0.1) is 6.92 Å². The van der Waals surface area contributed by atoms with E-state index in [4.69, 9.17) is 9.15 Å². The lowest BCUT2D eigenvalue weighted by Gasteiger charge is -2.30. The van der Waals surface area contributed by atoms with E-state index in [9.17, 15) is 9.59 Å². The van der Waals surface area contributed by atoms with Gasteiger partial charge in [0.15, 0.2) is 6.61 Å². The molecular weight excluding hydrogens is 368 g/mol. The molecule has 3 aromatic rings. The van der Waals surface area contributed by atoms with Crippen molar-refractivity contribution in [3.63, 3.8) is 0 Å². The van der Waals surface area contributed by atoms with E-state index in [2.05, 4.69) is 10.2 Å². The first kappa shape index (κ1) is 19.1. The third-order valence-corrected chi connectivity index (χ3v) is 5.17. The number of piperidine rings is 1. The summed E-state index contributed by atoms with van der Waals surface area (Å²) in [5, 5.41) is 3.80. The van der Waals surface area contributed by atoms with Crippen molar-refractivity contribution in [1.29, 1.82) is 0 Å². The van der Waals surface area contributed by atoms with Crippen LogP contribution >= 0.6 is 0 Å². The predicted octanol–water partition coefficient (Wildman–Crippen LogP) is 4.11. The first-order valence-electron chi connectivity index (χ1n) is 9.91. The van der Waals surface area contributed by atoms with Gasteiger partial charge in [0, 0.05) is 30.6 Å². The van der Waals surface area contributed by atoms with E-state index in [1.54, 1.807) is 12.1 Å². The third-order valence-electron chi connectivity index (χ3n) is 5.17. The Morgan fingerprint density at radius 2 is 1.90 bits per heavy atom. The maximum absolute atomic E-state index is 12.5. The zero-order valence-corrected chi connectivity index (χ0v) is 16.4. The average Bonchev–Trinajstić information content (AvgIpc) is 2.73. The van der Waals surface area contributed by atoms with Gasteiger partial charge in [-0.15, -0.1) is 0 Å². The number of hydrogen-bond donors (Lipinski definition) is 1. The number of benzene rings is 2. The number of rotatable bonds is 5. The molecule has 0 spiro atoms. The number of ether oxygens (including phenoxy) is 1. The molecule has 2 heterocycles. The van der Waals surface area contributed by atoms with E-state index in [1.165, 1.54) is 25.3 Å². The number of anilines is 2. The Balaban J connectivity index is 1.43. The maximum atomic E-state index is 12.5. The highest BCUT2D eigenvalue weighted by Gasteiger charge is 2.15. The maximum Gasteiger partial charge on any atom is 0.336 e. The van der Waals surface area contributed by atoms with Gasteiger partial charge >= 0.3 is 5.63 Å². The highest BCUT2D eigenvalue weighted by atomic mass is 16.5. The summed E-state index contributed by atoms with van der Waals surface area (Å²) in [7, 11) is 0. The van der Waals surface area contributed by atoms with Gasteiger partial charge in [-0.3, -0.25) is 4.79 Å². The second-order valence-electron chi connectivity index (χ2n) is 7.31. The van der Waals surface area contributed by atoms with Gasteiger partial charge in [-0.05, 0) is 56.0 Å². The van der Waals surface area contributed by atoms with Crippen LogP contribution in [0.1, 0.15) is 24.8 Å². The number of fused-ring (bicyclic) bond motifs is 1. The van der Waals surface area contributed by atoms with Crippen molar-refractivity contribution in [3.05, 3.63) is 64.5 Å². The van der Waals surface area contributed by atoms with Crippen LogP contribution in [0.25, 0.3) is 11.0 Å². The Kier molecular flexibility index (Phi) is 5.51. The normalized spacial score (nSPS) is 14.0. The van der Waals surface area contributed by atoms with Crippen molar-refractivity contribution in [3.8, 4) is 5.75 Å². The summed E-state index contributed by atoms with van der Waals surface area (Å²) in [6.45, 7) is 3.74. The smallest absolute Gasteiger partial charge is 0.336 e. The molecule has 1 saturated heterocycles. The zero-order valence-electron chi connectivity index (χ0n) is 16.4. The molecule has 1 fully saturated rings. The van der Waals surface area contributed by atoms with Crippen molar-refractivity contribution in [2.75, 3.05) is 29.9 Å². The van der Waals surface area contributed by atoms with Gasteiger partial charge in [0.1, 0.15) is 11.3 Å². The van der Waals surface area contributed by atoms with Crippen molar-refractivity contribution < 1.29 is 13.9 Å². The van der Waals surface area contributed by atoms with Crippen LogP contribution in [-0.2, 0) is 4.79 Å². The number of carbonyl (C=O) groups excluding carboxylic acids is 1. The summed E-state index contributed by atoms with van der Waals surface area (Å²) in [4.78, 5) is 26.3. The van der Waals surface area contributed by atoms with Gasteiger partial charge in [-0.25, -0.2) is 4.79 Å². The topological polar surface area (TPSA) is 71.8 Å². The first-order valence-corrected chi connectivity index (χ1v) is 9.91. The molecule has 150 valence electrons. The standard InChI is InChI=1S/C23H24N2O4/c1-16-13-23(27)29-21-14-17(9-10-18(16)21)28-15-22(26)24-19-7-3-4-8-20(19)25-11-5-2-6-12-25/h3-4,7-10,13-14H,2,5-6,11-12,15H2,1H3,(H,24,26). The number of amides is 1. The molecule has 0 unspecified atom stereocenters. The number of hydrogen-bond acceptors (Lipinski definition) is 5. The molecule has 1 aromatic heterocycles. The van der Waals surface area contributed by atoms with Crippen LogP contribution in [0.5, 0.6) is 5.75 Å². The van der Waals surface area contributed by atoms with Crippen molar-refractivity contribution in [2.45, 2.75) is 26.2 Å². The molecule has 1 N–H and O–H groups in total. The van der Waals surface area contributed by atoms with Crippen LogP contribution in [0.2, 0.25) is 0 Å². The fraction of sp³-hybridized carbons (Fsp3) is 0.304. The van der Waals surface area contributed by atoms with Gasteiger partial charge < -0.3 is 19.4 Å². The number of para-hydroxylation sites is 2. The molecular formula is C23H24N2O4. The van der Waals surface area contributed by atoms with Crippen LogP contribution < -0.4 is 20.6 Å². The summed E-state index contributed by atoms with van der Waals surface area (Å²) in [6.07, 6.45) is 3.59. The molecule has 29 heavy (non-hydrogen) atoms. The average molecular weight is 392 g/mol. The molecule has 4 rings (SSSR count). The van der Waals surface area contributed by atoms with E-state index < -0.39 is 5.63 Å². The molecule has 0 atom stereocenters. The molecule has 0 radical (unpaired) electrons. The number of nitrogens with zero attached hydrogens (tertiary/aromatic N) is 1. The van der Waals surface area contributed by atoms with Gasteiger partial charge in [0.2, 0.25) is 0 Å². The Hall–Kier alpha value is -3.28. The largest absolute Gasteiger partial charge is 0.484 e. The minimum Gasteiger partial charge on any atom is -0.484 e. The highest BCUT2D eigenvalue weighted by molar-refractivity contribution is 5.95. The number of nitrogens with one attached hydrogen (secondary N) is 1. The molecule has 1 amide bonds. The Labute approximate surface area is 169 Å². The Bertz CT molecular complexity index is 1080. The molecule has 0 aliphatic carbocycles. The number of carbonyl (C=O) groups is 1. The summed E-state index contributed by atoms with van der Waals surface area (Å²) in [6, 6.07) is 14.5. The van der Waals surface area contributed by atoms with E-state index in [1.807, 2.05) is 37.3 Å². The molecule has 1 aliphatic heterocycles. The van der Waals surface area contributed by atoms with Crippen LogP contribution in [0.15, 0.2) is 57.7 Å². The highest BCUT2D eigenvalue weighted by Crippen LogP contribution is 2.28. The number of aryl methyl sites for hydroxylation is 1. The van der Waals surface area contributed by atoms with Gasteiger partial charge in [0.05, 0.1) is 11.4 Å². The van der Waals surface area contributed by atoms with E-state index in [-0.39, 0.29) is 12.5 Å². The van der Waals surface area contributed by atoms with Crippen molar-refractivity contribution in [1.82, 2.24) is 0 Å². The second-order valence-corrected chi connectivity index (χ2v) is 7.31. The monoisotopic (exact) mass is 392 g/mol. The fourth-order valence-electron chi connectivity index (χ4n) is 3.72. The zero-order chi connectivity index (χ0) is 20.2. The predicted molar refractivity (Wildman–Crippen MR) is 114 cm³/mol. The van der Waals surface area contributed by atoms with Crippen molar-refractivity contribution >= 4 is 28.3 Å². The SMILES string of the molecule is Cc1cc(=O)oc2cc(OCC(=O)Nc3ccccc3N3CCCCC3)ccc12. The summed E-state index contributed by atoms with van der Waals surface area (Å²) < 4.78 is 10.9. The molecule has 2 aromatic carbocycles. The minimum absolute atomic E-state index is 0.129. The Morgan fingerprint density at radius 3 is 2.72 bits per heavy atom. The van der Waals surface area contributed by atoms with Gasteiger partial charge in [0.25, 0.3) is 5.91 Å². The third kappa shape index (κ3) is 4.42. The first-order chi connectivity index (χ1) is 14.1. The summed E-state index contributed by atoms with van der Waals surface area (Å²) in [5.74, 6) is 0.242. The molecule has 0 bridgehead atoms. The molecule has 6 nitrogen and oxygen atoms in total. The van der Waals surface area contributed by atoms with Gasteiger partial charge in [-0.2, -0.15) is 0 Å². The van der Waals surface area contributed by atoms with Crippen LogP contribution in [0.3, 0.4) is 0 Å². The van der Waals surface area contributed by atoms with E-state index in [0.29, 0.717) is 11.3 Å².